The van der Waals surface area contributed by atoms with Crippen LogP contribution >= 0.6 is 0 Å². The number of halogens is 3. The Balaban J connectivity index is 1.94. The fraction of sp³-hybridized carbons (Fsp3) is 0.235. The number of aliphatic hydroxyl groups excluding tert-OH is 1. The number of rotatable bonds is 5. The van der Waals surface area contributed by atoms with Gasteiger partial charge in [-0.25, -0.2) is 4.79 Å². The summed E-state index contributed by atoms with van der Waals surface area (Å²) in [6.07, 6.45) is -5.20. The van der Waals surface area contributed by atoms with E-state index in [4.69, 9.17) is 4.74 Å². The molecule has 1 atom stereocenters. The van der Waals surface area contributed by atoms with Crippen molar-refractivity contribution in [1.82, 2.24) is 5.32 Å². The molecule has 2 rings (SSSR count). The van der Waals surface area contributed by atoms with Crippen molar-refractivity contribution in [2.24, 2.45) is 0 Å². The number of nitrogens with one attached hydrogen (secondary N) is 1. The average molecular weight is 339 g/mol. The fourth-order valence-corrected chi connectivity index (χ4v) is 2.05. The van der Waals surface area contributed by atoms with E-state index < -0.39 is 30.5 Å². The second-order valence-electron chi connectivity index (χ2n) is 5.06. The normalized spacial score (nSPS) is 12.5. The summed E-state index contributed by atoms with van der Waals surface area (Å²) < 4.78 is 42.6. The molecule has 0 radical (unpaired) electrons. The number of benzene rings is 2. The van der Waals surface area contributed by atoms with Gasteiger partial charge in [0.05, 0.1) is 18.2 Å². The van der Waals surface area contributed by atoms with Crippen LogP contribution in [0.25, 0.3) is 0 Å². The summed E-state index contributed by atoms with van der Waals surface area (Å²) in [7, 11) is 0. The molecule has 0 aromatic heterocycles. The summed E-state index contributed by atoms with van der Waals surface area (Å²) in [5, 5.41) is 11.8. The van der Waals surface area contributed by atoms with E-state index in [9.17, 15) is 23.1 Å². The van der Waals surface area contributed by atoms with Gasteiger partial charge >= 0.3 is 12.3 Å². The van der Waals surface area contributed by atoms with Crippen LogP contribution in [0, 0.1) is 0 Å². The Morgan fingerprint density at radius 1 is 1.08 bits per heavy atom. The first-order chi connectivity index (χ1) is 11.4. The number of aliphatic hydroxyl groups is 1. The highest BCUT2D eigenvalue weighted by molar-refractivity contribution is 5.68. The summed E-state index contributed by atoms with van der Waals surface area (Å²) in [5.74, 6) is 0. The van der Waals surface area contributed by atoms with Crippen LogP contribution in [0.5, 0.6) is 0 Å². The molecule has 2 N–H and O–H groups in total. The van der Waals surface area contributed by atoms with Crippen LogP contribution in [0.3, 0.4) is 0 Å². The minimum atomic E-state index is -4.44. The van der Waals surface area contributed by atoms with Crippen LogP contribution in [0.2, 0.25) is 0 Å². The Labute approximate surface area is 136 Å². The standard InChI is InChI=1S/C17H16F3NO3/c18-17(19,20)14-8-6-13(7-9-14)15(10-22)21-16(23)24-11-12-4-2-1-3-5-12/h1-9,15,22H,10-11H2,(H,21,23). The minimum Gasteiger partial charge on any atom is -0.445 e. The lowest BCUT2D eigenvalue weighted by atomic mass is 10.1. The van der Waals surface area contributed by atoms with Crippen LogP contribution in [-0.4, -0.2) is 17.8 Å². The maximum atomic E-state index is 12.5. The molecule has 0 aliphatic rings. The van der Waals surface area contributed by atoms with E-state index in [1.807, 2.05) is 6.07 Å². The van der Waals surface area contributed by atoms with Crippen molar-refractivity contribution in [3.05, 3.63) is 71.3 Å². The van der Waals surface area contributed by atoms with Crippen LogP contribution in [-0.2, 0) is 17.5 Å². The average Bonchev–Trinajstić information content (AvgIpc) is 2.58. The molecular weight excluding hydrogens is 323 g/mol. The summed E-state index contributed by atoms with van der Waals surface area (Å²) >= 11 is 0. The van der Waals surface area contributed by atoms with Crippen molar-refractivity contribution in [3.63, 3.8) is 0 Å². The summed E-state index contributed by atoms with van der Waals surface area (Å²) in [6.45, 7) is -0.413. The van der Waals surface area contributed by atoms with E-state index in [1.165, 1.54) is 12.1 Å². The third kappa shape index (κ3) is 4.99. The monoisotopic (exact) mass is 339 g/mol. The molecule has 0 bridgehead atoms. The molecule has 0 aliphatic carbocycles. The molecule has 7 heteroatoms. The van der Waals surface area contributed by atoms with Gasteiger partial charge in [-0.2, -0.15) is 13.2 Å². The summed E-state index contributed by atoms with van der Waals surface area (Å²) in [4.78, 5) is 11.8. The van der Waals surface area contributed by atoms with Gasteiger partial charge in [-0.1, -0.05) is 42.5 Å². The number of hydrogen-bond acceptors (Lipinski definition) is 3. The largest absolute Gasteiger partial charge is 0.445 e. The smallest absolute Gasteiger partial charge is 0.416 e. The van der Waals surface area contributed by atoms with E-state index in [0.717, 1.165) is 17.7 Å². The first-order valence-electron chi connectivity index (χ1n) is 7.15. The molecule has 0 spiro atoms. The molecule has 4 nitrogen and oxygen atoms in total. The lowest BCUT2D eigenvalue weighted by molar-refractivity contribution is -0.137. The van der Waals surface area contributed by atoms with Gasteiger partial charge in [0.25, 0.3) is 0 Å². The number of alkyl carbamates (subject to hydrolysis) is 1. The van der Waals surface area contributed by atoms with E-state index in [2.05, 4.69) is 5.32 Å². The van der Waals surface area contributed by atoms with Crippen molar-refractivity contribution >= 4 is 6.09 Å². The number of carbonyl (C=O) groups is 1. The quantitative estimate of drug-likeness (QED) is 0.874. The first-order valence-corrected chi connectivity index (χ1v) is 7.15. The highest BCUT2D eigenvalue weighted by Gasteiger charge is 2.30. The molecule has 0 heterocycles. The maximum Gasteiger partial charge on any atom is 0.416 e. The van der Waals surface area contributed by atoms with Crippen LogP contribution in [0.15, 0.2) is 54.6 Å². The second-order valence-corrected chi connectivity index (χ2v) is 5.06. The molecule has 0 saturated carbocycles. The fourth-order valence-electron chi connectivity index (χ4n) is 2.05. The Bertz CT molecular complexity index is 657. The van der Waals surface area contributed by atoms with Crippen molar-refractivity contribution in [1.29, 1.82) is 0 Å². The Kier molecular flexibility index (Phi) is 5.81. The zero-order valence-electron chi connectivity index (χ0n) is 12.6. The van der Waals surface area contributed by atoms with Crippen molar-refractivity contribution in [2.45, 2.75) is 18.8 Å². The molecule has 128 valence electrons. The Morgan fingerprint density at radius 2 is 1.71 bits per heavy atom. The van der Waals surface area contributed by atoms with Gasteiger partial charge in [0, 0.05) is 0 Å². The highest BCUT2D eigenvalue weighted by atomic mass is 19.4. The lowest BCUT2D eigenvalue weighted by Gasteiger charge is -2.17. The number of amides is 1. The number of alkyl halides is 3. The minimum absolute atomic E-state index is 0.0534. The maximum absolute atomic E-state index is 12.5. The molecule has 24 heavy (non-hydrogen) atoms. The van der Waals surface area contributed by atoms with Gasteiger partial charge in [-0.3, -0.25) is 0 Å². The van der Waals surface area contributed by atoms with Gasteiger partial charge in [0.1, 0.15) is 6.61 Å². The van der Waals surface area contributed by atoms with Crippen molar-refractivity contribution in [2.75, 3.05) is 6.61 Å². The second kappa shape index (κ2) is 7.83. The molecule has 2 aromatic rings. The van der Waals surface area contributed by atoms with Gasteiger partial charge in [-0.15, -0.1) is 0 Å². The zero-order valence-corrected chi connectivity index (χ0v) is 12.6. The van der Waals surface area contributed by atoms with Crippen molar-refractivity contribution < 1.29 is 27.8 Å². The first kappa shape index (κ1) is 17.8. The molecule has 0 aliphatic heterocycles. The Morgan fingerprint density at radius 3 is 2.25 bits per heavy atom. The molecule has 2 aromatic carbocycles. The van der Waals surface area contributed by atoms with Crippen LogP contribution in [0.1, 0.15) is 22.7 Å². The summed E-state index contributed by atoms with van der Waals surface area (Å²) in [6, 6.07) is 12.4. The summed E-state index contributed by atoms with van der Waals surface area (Å²) in [5.41, 5.74) is 0.347. The van der Waals surface area contributed by atoms with E-state index in [-0.39, 0.29) is 6.61 Å². The molecule has 1 amide bonds. The van der Waals surface area contributed by atoms with Gasteiger partial charge < -0.3 is 15.2 Å². The van der Waals surface area contributed by atoms with Crippen molar-refractivity contribution in [3.8, 4) is 0 Å². The SMILES string of the molecule is O=C(NC(CO)c1ccc(C(F)(F)F)cc1)OCc1ccccc1. The van der Waals surface area contributed by atoms with E-state index in [0.29, 0.717) is 5.56 Å². The van der Waals surface area contributed by atoms with Gasteiger partial charge in [-0.05, 0) is 23.3 Å². The molecule has 1 unspecified atom stereocenters. The predicted molar refractivity (Wildman–Crippen MR) is 81.0 cm³/mol. The topological polar surface area (TPSA) is 58.6 Å². The predicted octanol–water partition coefficient (Wildman–Crippen LogP) is 3.67. The van der Waals surface area contributed by atoms with Crippen LogP contribution < -0.4 is 5.32 Å². The number of ether oxygens (including phenoxy) is 1. The van der Waals surface area contributed by atoms with E-state index >= 15 is 0 Å². The third-order valence-corrected chi connectivity index (χ3v) is 3.33. The molecular formula is C17H16F3NO3. The zero-order chi connectivity index (χ0) is 17.6. The van der Waals surface area contributed by atoms with Gasteiger partial charge in [0.15, 0.2) is 0 Å². The highest BCUT2D eigenvalue weighted by Crippen LogP contribution is 2.29. The lowest BCUT2D eigenvalue weighted by Crippen LogP contribution is -2.31. The number of hydrogen-bond donors (Lipinski definition) is 2. The third-order valence-electron chi connectivity index (χ3n) is 3.33. The Hall–Kier alpha value is -2.54. The van der Waals surface area contributed by atoms with Crippen LogP contribution in [0.4, 0.5) is 18.0 Å². The number of carbonyl (C=O) groups excluding carboxylic acids is 1. The van der Waals surface area contributed by atoms with E-state index in [1.54, 1.807) is 24.3 Å². The molecule has 0 saturated heterocycles. The van der Waals surface area contributed by atoms with Gasteiger partial charge in [0.2, 0.25) is 0 Å². The molecule has 0 fully saturated rings.